The molecule has 2 heterocycles. The van der Waals surface area contributed by atoms with Gasteiger partial charge in [-0.05, 0) is 30.5 Å². The maximum Gasteiger partial charge on any atom is 0.216 e. The van der Waals surface area contributed by atoms with Crippen molar-refractivity contribution in [2.75, 3.05) is 26.2 Å². The van der Waals surface area contributed by atoms with Crippen LogP contribution in [0.5, 0.6) is 0 Å². The lowest BCUT2D eigenvalue weighted by Gasteiger charge is -2.14. The lowest BCUT2D eigenvalue weighted by Crippen LogP contribution is -2.12. The smallest absolute Gasteiger partial charge is 0.216 e. The molecule has 3 heteroatoms. The Bertz CT molecular complexity index is 408. The van der Waals surface area contributed by atoms with Gasteiger partial charge >= 0.3 is 0 Å². The number of aliphatic imine (C=N–C) groups is 1. The highest BCUT2D eigenvalue weighted by molar-refractivity contribution is 5.96. The van der Waals surface area contributed by atoms with Gasteiger partial charge in [0.15, 0.2) is 0 Å². The van der Waals surface area contributed by atoms with Gasteiger partial charge in [0.25, 0.3) is 0 Å². The average molecular weight is 216 g/mol. The largest absolute Gasteiger partial charge is 0.476 e. The molecule has 16 heavy (non-hydrogen) atoms. The SMILES string of the molecule is c1ccc(C2CCNC2)c(C2=NCCO2)c1. The third kappa shape index (κ3) is 1.71. The number of benzene rings is 1. The number of hydrogen-bond donors (Lipinski definition) is 1. The van der Waals surface area contributed by atoms with Crippen molar-refractivity contribution in [1.29, 1.82) is 0 Å². The molecule has 1 unspecified atom stereocenters. The van der Waals surface area contributed by atoms with Gasteiger partial charge < -0.3 is 10.1 Å². The molecule has 1 aromatic carbocycles. The predicted molar refractivity (Wildman–Crippen MR) is 64.0 cm³/mol. The summed E-state index contributed by atoms with van der Waals surface area (Å²) in [5, 5.41) is 3.41. The zero-order valence-electron chi connectivity index (χ0n) is 9.28. The van der Waals surface area contributed by atoms with Crippen LogP contribution in [0.2, 0.25) is 0 Å². The first-order valence-corrected chi connectivity index (χ1v) is 5.92. The van der Waals surface area contributed by atoms with Crippen molar-refractivity contribution in [3.05, 3.63) is 35.4 Å². The molecule has 1 N–H and O–H groups in total. The van der Waals surface area contributed by atoms with Crippen molar-refractivity contribution in [2.45, 2.75) is 12.3 Å². The maximum atomic E-state index is 5.57. The highest BCUT2D eigenvalue weighted by Crippen LogP contribution is 2.26. The third-order valence-corrected chi connectivity index (χ3v) is 3.28. The Morgan fingerprint density at radius 2 is 2.25 bits per heavy atom. The molecular formula is C13H16N2O. The van der Waals surface area contributed by atoms with Crippen LogP contribution in [0.25, 0.3) is 0 Å². The van der Waals surface area contributed by atoms with Gasteiger partial charge in [-0.25, -0.2) is 4.99 Å². The minimum atomic E-state index is 0.614. The van der Waals surface area contributed by atoms with E-state index >= 15 is 0 Å². The Balaban J connectivity index is 1.96. The van der Waals surface area contributed by atoms with E-state index in [1.807, 2.05) is 0 Å². The fraction of sp³-hybridized carbons (Fsp3) is 0.462. The summed E-state index contributed by atoms with van der Waals surface area (Å²) in [5.41, 5.74) is 2.57. The van der Waals surface area contributed by atoms with E-state index in [2.05, 4.69) is 34.6 Å². The maximum absolute atomic E-state index is 5.57. The van der Waals surface area contributed by atoms with E-state index in [0.29, 0.717) is 5.92 Å². The van der Waals surface area contributed by atoms with Gasteiger partial charge in [-0.1, -0.05) is 18.2 Å². The van der Waals surface area contributed by atoms with Crippen molar-refractivity contribution in [1.82, 2.24) is 5.32 Å². The summed E-state index contributed by atoms with van der Waals surface area (Å²) in [6.45, 7) is 3.72. The van der Waals surface area contributed by atoms with Gasteiger partial charge in [0.1, 0.15) is 6.61 Å². The zero-order chi connectivity index (χ0) is 10.8. The van der Waals surface area contributed by atoms with Crippen molar-refractivity contribution in [3.8, 4) is 0 Å². The van der Waals surface area contributed by atoms with Crippen LogP contribution in [0.3, 0.4) is 0 Å². The summed E-state index contributed by atoms with van der Waals surface area (Å²) in [4.78, 5) is 4.41. The van der Waals surface area contributed by atoms with Gasteiger partial charge in [0.05, 0.1) is 6.54 Å². The first-order chi connectivity index (χ1) is 7.95. The Kier molecular flexibility index (Phi) is 2.62. The van der Waals surface area contributed by atoms with E-state index in [9.17, 15) is 0 Å². The molecule has 3 nitrogen and oxygen atoms in total. The van der Waals surface area contributed by atoms with E-state index in [4.69, 9.17) is 4.74 Å². The summed E-state index contributed by atoms with van der Waals surface area (Å²) < 4.78 is 5.57. The van der Waals surface area contributed by atoms with E-state index in [-0.39, 0.29) is 0 Å². The van der Waals surface area contributed by atoms with Crippen LogP contribution in [0, 0.1) is 0 Å². The Labute approximate surface area is 95.5 Å². The summed E-state index contributed by atoms with van der Waals surface area (Å²) >= 11 is 0. The first-order valence-electron chi connectivity index (χ1n) is 5.92. The van der Waals surface area contributed by atoms with Crippen LogP contribution in [0.1, 0.15) is 23.5 Å². The average Bonchev–Trinajstić information content (AvgIpc) is 3.03. The van der Waals surface area contributed by atoms with E-state index in [1.165, 1.54) is 17.5 Å². The van der Waals surface area contributed by atoms with Crippen molar-refractivity contribution < 1.29 is 4.74 Å². The van der Waals surface area contributed by atoms with E-state index < -0.39 is 0 Å². The van der Waals surface area contributed by atoms with Crippen LogP contribution in [0.4, 0.5) is 0 Å². The van der Waals surface area contributed by atoms with Crippen LogP contribution >= 0.6 is 0 Å². The molecule has 1 saturated heterocycles. The zero-order valence-corrected chi connectivity index (χ0v) is 9.28. The molecule has 0 aliphatic carbocycles. The number of hydrogen-bond acceptors (Lipinski definition) is 3. The van der Waals surface area contributed by atoms with Crippen LogP contribution in [-0.2, 0) is 4.74 Å². The summed E-state index contributed by atoms with van der Waals surface area (Å²) in [7, 11) is 0. The molecule has 3 rings (SSSR count). The molecule has 0 saturated carbocycles. The second kappa shape index (κ2) is 4.26. The van der Waals surface area contributed by atoms with E-state index in [1.54, 1.807) is 0 Å². The summed E-state index contributed by atoms with van der Waals surface area (Å²) in [5.74, 6) is 1.45. The van der Waals surface area contributed by atoms with Crippen molar-refractivity contribution in [2.24, 2.45) is 4.99 Å². The van der Waals surface area contributed by atoms with Crippen LogP contribution < -0.4 is 5.32 Å². The highest BCUT2D eigenvalue weighted by atomic mass is 16.5. The Morgan fingerprint density at radius 1 is 1.31 bits per heavy atom. The second-order valence-electron chi connectivity index (χ2n) is 4.31. The molecule has 1 atom stereocenters. The lowest BCUT2D eigenvalue weighted by atomic mass is 9.93. The Hall–Kier alpha value is -1.35. The third-order valence-electron chi connectivity index (χ3n) is 3.28. The minimum absolute atomic E-state index is 0.614. The van der Waals surface area contributed by atoms with Crippen LogP contribution in [0.15, 0.2) is 29.3 Å². The molecule has 1 aromatic rings. The Morgan fingerprint density at radius 3 is 3.00 bits per heavy atom. The summed E-state index contributed by atoms with van der Waals surface area (Å²) in [6.07, 6.45) is 1.21. The lowest BCUT2D eigenvalue weighted by molar-refractivity contribution is 0.348. The highest BCUT2D eigenvalue weighted by Gasteiger charge is 2.22. The van der Waals surface area contributed by atoms with Crippen LogP contribution in [-0.4, -0.2) is 32.1 Å². The molecule has 0 spiro atoms. The van der Waals surface area contributed by atoms with Gasteiger partial charge in [-0.3, -0.25) is 0 Å². The van der Waals surface area contributed by atoms with Crippen molar-refractivity contribution >= 4 is 5.90 Å². The molecule has 0 radical (unpaired) electrons. The fourth-order valence-electron chi connectivity index (χ4n) is 2.47. The number of nitrogens with zero attached hydrogens (tertiary/aromatic N) is 1. The second-order valence-corrected chi connectivity index (χ2v) is 4.31. The predicted octanol–water partition coefficient (Wildman–Crippen LogP) is 1.54. The molecule has 84 valence electrons. The van der Waals surface area contributed by atoms with Crippen molar-refractivity contribution in [3.63, 3.8) is 0 Å². The fourth-order valence-corrected chi connectivity index (χ4v) is 2.47. The molecule has 2 aliphatic rings. The van der Waals surface area contributed by atoms with Gasteiger partial charge in [0, 0.05) is 12.1 Å². The number of ether oxygens (including phenoxy) is 1. The summed E-state index contributed by atoms with van der Waals surface area (Å²) in [6, 6.07) is 8.49. The standard InChI is InChI=1S/C13H16N2O/c1-2-4-12(13-15-7-8-16-13)11(3-1)10-5-6-14-9-10/h1-4,10,14H,5-9H2. The van der Waals surface area contributed by atoms with Gasteiger partial charge in [-0.15, -0.1) is 0 Å². The number of nitrogens with one attached hydrogen (secondary N) is 1. The van der Waals surface area contributed by atoms with E-state index in [0.717, 1.165) is 32.1 Å². The van der Waals surface area contributed by atoms with Gasteiger partial charge in [-0.2, -0.15) is 0 Å². The molecule has 0 amide bonds. The topological polar surface area (TPSA) is 33.6 Å². The molecule has 1 fully saturated rings. The normalized spacial score (nSPS) is 24.2. The molecule has 0 bridgehead atoms. The quantitative estimate of drug-likeness (QED) is 0.813. The molecule has 2 aliphatic heterocycles. The minimum Gasteiger partial charge on any atom is -0.476 e. The van der Waals surface area contributed by atoms with Gasteiger partial charge in [0.2, 0.25) is 5.90 Å². The first kappa shape index (κ1) is 9.85. The monoisotopic (exact) mass is 216 g/mol. The molecular weight excluding hydrogens is 200 g/mol. The molecule has 0 aromatic heterocycles. The number of rotatable bonds is 2.